The number of hydrogen-bond acceptors (Lipinski definition) is 9. The number of anilines is 2. The lowest BCUT2D eigenvalue weighted by Gasteiger charge is -2.42. The minimum Gasteiger partial charge on any atom is -0.447 e. The van der Waals surface area contributed by atoms with Gasteiger partial charge in [-0.25, -0.2) is 19.7 Å². The van der Waals surface area contributed by atoms with Crippen molar-refractivity contribution in [1.29, 1.82) is 0 Å². The van der Waals surface area contributed by atoms with Crippen LogP contribution < -0.4 is 15.5 Å². The molecule has 1 atom stereocenters. The monoisotopic (exact) mass is 509 g/mol. The molecule has 2 aliphatic heterocycles. The summed E-state index contributed by atoms with van der Waals surface area (Å²) in [5.41, 5.74) is 2.84. The van der Waals surface area contributed by atoms with Crippen molar-refractivity contribution in [2.24, 2.45) is 0 Å². The molecule has 36 heavy (non-hydrogen) atoms. The molecule has 2 fully saturated rings. The number of hydrogen-bond donors (Lipinski definition) is 2. The predicted molar refractivity (Wildman–Crippen MR) is 136 cm³/mol. The molecular formula is C25H31N7O3S. The molecule has 4 heterocycles. The van der Waals surface area contributed by atoms with E-state index in [1.807, 2.05) is 12.4 Å². The molecule has 1 amide bonds. The molecule has 0 saturated heterocycles. The van der Waals surface area contributed by atoms with Crippen molar-refractivity contribution in [2.45, 2.75) is 61.3 Å². The van der Waals surface area contributed by atoms with Gasteiger partial charge in [-0.05, 0) is 55.6 Å². The maximum Gasteiger partial charge on any atom is 0.406 e. The van der Waals surface area contributed by atoms with Crippen LogP contribution >= 0.6 is 0 Å². The van der Waals surface area contributed by atoms with E-state index >= 15 is 0 Å². The van der Waals surface area contributed by atoms with Crippen LogP contribution in [0.2, 0.25) is 0 Å². The Kier molecular flexibility index (Phi) is 6.10. The molecule has 6 rings (SSSR count). The molecule has 0 unspecified atom stereocenters. The maximum absolute atomic E-state index is 12.8. The third-order valence-corrected chi connectivity index (χ3v) is 9.01. The smallest absolute Gasteiger partial charge is 0.406 e. The topological polar surface area (TPSA) is 122 Å². The van der Waals surface area contributed by atoms with Gasteiger partial charge >= 0.3 is 6.09 Å². The summed E-state index contributed by atoms with van der Waals surface area (Å²) in [7, 11) is 0.410. The van der Waals surface area contributed by atoms with Crippen LogP contribution in [0.3, 0.4) is 0 Å². The van der Waals surface area contributed by atoms with Gasteiger partial charge < -0.3 is 20.3 Å². The number of aromatic nitrogens is 4. The van der Waals surface area contributed by atoms with Gasteiger partial charge in [0.25, 0.3) is 0 Å². The number of ether oxygens (including phenoxy) is 1. The fourth-order valence-electron chi connectivity index (χ4n) is 5.03. The summed E-state index contributed by atoms with van der Waals surface area (Å²) in [5.74, 6) is 3.26. The van der Waals surface area contributed by atoms with Crippen molar-refractivity contribution < 1.29 is 13.7 Å². The van der Waals surface area contributed by atoms with Crippen LogP contribution in [0.15, 0.2) is 23.4 Å². The zero-order chi connectivity index (χ0) is 24.7. The molecule has 2 aromatic heterocycles. The lowest BCUT2D eigenvalue weighted by molar-refractivity contribution is 0.0959. The lowest BCUT2D eigenvalue weighted by Crippen LogP contribution is -2.50. The number of nitrogens with one attached hydrogen (secondary N) is 2. The second kappa shape index (κ2) is 9.42. The van der Waals surface area contributed by atoms with Crippen molar-refractivity contribution in [1.82, 2.24) is 25.3 Å². The first-order valence-electron chi connectivity index (χ1n) is 12.7. The summed E-state index contributed by atoms with van der Waals surface area (Å²) in [6, 6.07) is 0. The zero-order valence-corrected chi connectivity index (χ0v) is 21.3. The first-order valence-corrected chi connectivity index (χ1v) is 14.0. The van der Waals surface area contributed by atoms with Crippen molar-refractivity contribution in [2.75, 3.05) is 42.7 Å². The maximum atomic E-state index is 12.8. The standard InChI is InChI=1S/C25H31N7O3S/c1-26-24(33)35-15-25(8-2-9-25)31-22-20-19(7-12-36(20)34)29-23(30-22)32-10-5-17(6-11-32)21-27-13-18(14-28-21)16-3-4-16/h5,13-14,16H,2-4,6-12,15H2,1H3,(H,26,33)(H,29,30,31)/t36-/m1/s1. The van der Waals surface area contributed by atoms with Crippen molar-refractivity contribution in [3.05, 3.63) is 35.6 Å². The largest absolute Gasteiger partial charge is 0.447 e. The van der Waals surface area contributed by atoms with Gasteiger partial charge in [0.1, 0.15) is 17.3 Å². The van der Waals surface area contributed by atoms with E-state index in [0.29, 0.717) is 41.3 Å². The van der Waals surface area contributed by atoms with Gasteiger partial charge in [0.2, 0.25) is 5.95 Å². The third-order valence-electron chi connectivity index (χ3n) is 7.55. The minimum atomic E-state index is -1.14. The summed E-state index contributed by atoms with van der Waals surface area (Å²) in [6.07, 6.45) is 12.4. The molecule has 11 heteroatoms. The van der Waals surface area contributed by atoms with E-state index in [1.165, 1.54) is 18.4 Å². The van der Waals surface area contributed by atoms with Gasteiger partial charge in [-0.2, -0.15) is 4.98 Å². The summed E-state index contributed by atoms with van der Waals surface area (Å²) in [5, 5.41) is 6.02. The highest BCUT2D eigenvalue weighted by Gasteiger charge is 2.41. The molecule has 0 bridgehead atoms. The van der Waals surface area contributed by atoms with Crippen LogP contribution in [0.4, 0.5) is 16.6 Å². The molecule has 2 saturated carbocycles. The normalized spacial score (nSPS) is 22.3. The summed E-state index contributed by atoms with van der Waals surface area (Å²) in [4.78, 5) is 33.4. The Morgan fingerprint density at radius 3 is 2.67 bits per heavy atom. The molecule has 190 valence electrons. The van der Waals surface area contributed by atoms with Crippen molar-refractivity contribution in [3.8, 4) is 0 Å². The van der Waals surface area contributed by atoms with E-state index < -0.39 is 22.4 Å². The van der Waals surface area contributed by atoms with E-state index in [9.17, 15) is 9.00 Å². The molecule has 10 nitrogen and oxygen atoms in total. The van der Waals surface area contributed by atoms with Crippen LogP contribution in [-0.4, -0.2) is 68.3 Å². The van der Waals surface area contributed by atoms with Crippen LogP contribution in [0.5, 0.6) is 0 Å². The first-order chi connectivity index (χ1) is 17.5. The van der Waals surface area contributed by atoms with Crippen LogP contribution in [0.25, 0.3) is 5.57 Å². The molecule has 0 radical (unpaired) electrons. The number of nitrogens with zero attached hydrogens (tertiary/aromatic N) is 5. The van der Waals surface area contributed by atoms with E-state index in [-0.39, 0.29) is 6.61 Å². The Labute approximate surface area is 212 Å². The van der Waals surface area contributed by atoms with Gasteiger partial charge in [0.15, 0.2) is 5.82 Å². The number of carbonyl (C=O) groups is 1. The number of aryl methyl sites for hydroxylation is 1. The van der Waals surface area contributed by atoms with E-state index in [1.54, 1.807) is 7.05 Å². The average Bonchev–Trinajstić information content (AvgIpc) is 3.68. The lowest BCUT2D eigenvalue weighted by atomic mass is 9.77. The van der Waals surface area contributed by atoms with Crippen molar-refractivity contribution >= 4 is 34.2 Å². The predicted octanol–water partition coefficient (Wildman–Crippen LogP) is 2.79. The summed E-state index contributed by atoms with van der Waals surface area (Å²) < 4.78 is 18.2. The van der Waals surface area contributed by atoms with Gasteiger partial charge in [0, 0.05) is 44.7 Å². The fourth-order valence-corrected chi connectivity index (χ4v) is 6.34. The summed E-state index contributed by atoms with van der Waals surface area (Å²) in [6.45, 7) is 1.66. The fraction of sp³-hybridized carbons (Fsp3) is 0.560. The van der Waals surface area contributed by atoms with Crippen LogP contribution in [-0.2, 0) is 22.0 Å². The highest BCUT2D eigenvalue weighted by Crippen LogP contribution is 2.40. The second-order valence-corrected chi connectivity index (χ2v) is 11.6. The highest BCUT2D eigenvalue weighted by molar-refractivity contribution is 7.85. The molecule has 0 spiro atoms. The SMILES string of the molecule is CNC(=O)OCC1(Nc2nc(N3CC=C(c4ncc(C5CC5)cn4)CC3)nc3c2[S@](=O)CC3)CCC1. The Morgan fingerprint density at radius 1 is 1.22 bits per heavy atom. The van der Waals surface area contributed by atoms with Crippen LogP contribution in [0, 0.1) is 0 Å². The van der Waals surface area contributed by atoms with E-state index in [2.05, 4.69) is 31.6 Å². The Hall–Kier alpha value is -3.08. The van der Waals surface area contributed by atoms with Crippen molar-refractivity contribution in [3.63, 3.8) is 0 Å². The first kappa shape index (κ1) is 23.3. The Balaban J connectivity index is 1.21. The van der Waals surface area contributed by atoms with Gasteiger partial charge in [-0.15, -0.1) is 0 Å². The molecule has 2 aliphatic carbocycles. The van der Waals surface area contributed by atoms with Gasteiger partial charge in [0.05, 0.1) is 22.0 Å². The molecule has 0 aromatic carbocycles. The zero-order valence-electron chi connectivity index (χ0n) is 20.5. The van der Waals surface area contributed by atoms with Gasteiger partial charge in [-0.3, -0.25) is 4.21 Å². The van der Waals surface area contributed by atoms with E-state index in [0.717, 1.165) is 49.3 Å². The highest BCUT2D eigenvalue weighted by atomic mass is 32.2. The molecule has 4 aliphatic rings. The van der Waals surface area contributed by atoms with Gasteiger partial charge in [-0.1, -0.05) is 6.08 Å². The number of carbonyl (C=O) groups excluding carboxylic acids is 1. The van der Waals surface area contributed by atoms with E-state index in [4.69, 9.17) is 14.7 Å². The third kappa shape index (κ3) is 4.56. The Bertz CT molecular complexity index is 1220. The number of rotatable bonds is 7. The average molecular weight is 510 g/mol. The molecule has 2 N–H and O–H groups in total. The summed E-state index contributed by atoms with van der Waals surface area (Å²) >= 11 is 0. The molecule has 2 aromatic rings. The number of fused-ring (bicyclic) bond motifs is 1. The Morgan fingerprint density at radius 2 is 2.03 bits per heavy atom. The second-order valence-electron chi connectivity index (χ2n) is 10.1. The quantitative estimate of drug-likeness (QED) is 0.580. The number of amides is 1. The number of alkyl carbamates (subject to hydrolysis) is 1. The van der Waals surface area contributed by atoms with Crippen LogP contribution in [0.1, 0.15) is 61.5 Å². The minimum absolute atomic E-state index is 0.239. The molecular weight excluding hydrogens is 478 g/mol.